The predicted molar refractivity (Wildman–Crippen MR) is 88.0 cm³/mol. The Morgan fingerprint density at radius 2 is 2.14 bits per heavy atom. The molecule has 1 aliphatic heterocycles. The molecule has 0 bridgehead atoms. The second kappa shape index (κ2) is 6.15. The van der Waals surface area contributed by atoms with Gasteiger partial charge >= 0.3 is 0 Å². The van der Waals surface area contributed by atoms with Crippen molar-refractivity contribution >= 4 is 17.3 Å². The lowest BCUT2D eigenvalue weighted by Crippen LogP contribution is -2.29. The third-order valence-electron chi connectivity index (χ3n) is 4.61. The van der Waals surface area contributed by atoms with Gasteiger partial charge in [0.05, 0.1) is 5.60 Å². The minimum absolute atomic E-state index is 0.528. The van der Waals surface area contributed by atoms with Crippen molar-refractivity contribution < 1.29 is 5.11 Å². The van der Waals surface area contributed by atoms with Crippen molar-refractivity contribution in [1.82, 2.24) is 5.32 Å². The molecule has 21 heavy (non-hydrogen) atoms. The number of hydrogen-bond donors (Lipinski definition) is 2. The van der Waals surface area contributed by atoms with E-state index < -0.39 is 5.60 Å². The third kappa shape index (κ3) is 4.12. The molecule has 3 rings (SSSR count). The van der Waals surface area contributed by atoms with Crippen LogP contribution in [-0.4, -0.2) is 29.8 Å². The second-order valence-corrected chi connectivity index (χ2v) is 7.20. The molecule has 1 aliphatic carbocycles. The lowest BCUT2D eigenvalue weighted by Gasteiger charge is -2.27. The topological polar surface area (TPSA) is 35.5 Å². The first-order valence-electron chi connectivity index (χ1n) is 8.03. The van der Waals surface area contributed by atoms with E-state index in [-0.39, 0.29) is 0 Å². The van der Waals surface area contributed by atoms with Gasteiger partial charge in [-0.05, 0) is 56.7 Å². The molecule has 116 valence electrons. The summed E-state index contributed by atoms with van der Waals surface area (Å²) in [6.07, 6.45) is 5.31. The van der Waals surface area contributed by atoms with Gasteiger partial charge in [0.15, 0.2) is 0 Å². The minimum atomic E-state index is -0.528. The van der Waals surface area contributed by atoms with Crippen LogP contribution >= 0.6 is 11.6 Å². The van der Waals surface area contributed by atoms with Gasteiger partial charge in [-0.25, -0.2) is 0 Å². The van der Waals surface area contributed by atoms with E-state index in [2.05, 4.69) is 22.3 Å². The third-order valence-corrected chi connectivity index (χ3v) is 4.85. The summed E-state index contributed by atoms with van der Waals surface area (Å²) >= 11 is 6.21. The summed E-state index contributed by atoms with van der Waals surface area (Å²) in [6, 6.07) is 6.89. The molecule has 2 fully saturated rings. The Kier molecular flexibility index (Phi) is 4.43. The highest BCUT2D eigenvalue weighted by atomic mass is 35.5. The maximum absolute atomic E-state index is 10.3. The van der Waals surface area contributed by atoms with Crippen molar-refractivity contribution in [2.75, 3.05) is 18.0 Å². The maximum atomic E-state index is 10.3. The number of hydrogen-bond acceptors (Lipinski definition) is 3. The van der Waals surface area contributed by atoms with Gasteiger partial charge in [0.2, 0.25) is 0 Å². The predicted octanol–water partition coefficient (Wildman–Crippen LogP) is 3.33. The van der Waals surface area contributed by atoms with Crippen LogP contribution in [0.3, 0.4) is 0 Å². The molecule has 1 heterocycles. The highest BCUT2D eigenvalue weighted by Gasteiger charge is 2.26. The highest BCUT2D eigenvalue weighted by Crippen LogP contribution is 2.30. The van der Waals surface area contributed by atoms with Gasteiger partial charge in [0.1, 0.15) is 0 Å². The van der Waals surface area contributed by atoms with E-state index >= 15 is 0 Å². The Morgan fingerprint density at radius 3 is 2.90 bits per heavy atom. The quantitative estimate of drug-likeness (QED) is 0.895. The molecule has 1 saturated heterocycles. The molecule has 0 amide bonds. The fourth-order valence-corrected chi connectivity index (χ4v) is 3.19. The summed E-state index contributed by atoms with van der Waals surface area (Å²) in [5, 5.41) is 14.6. The van der Waals surface area contributed by atoms with Crippen LogP contribution in [0.25, 0.3) is 0 Å². The largest absolute Gasteiger partial charge is 0.390 e. The van der Waals surface area contributed by atoms with Gasteiger partial charge < -0.3 is 15.3 Å². The van der Waals surface area contributed by atoms with Crippen molar-refractivity contribution in [1.29, 1.82) is 0 Å². The summed E-state index contributed by atoms with van der Waals surface area (Å²) in [7, 11) is 0. The molecule has 0 aromatic heterocycles. The molecule has 2 N–H and O–H groups in total. The smallest absolute Gasteiger partial charge is 0.0637 e. The standard InChI is InChI=1S/C17H25ClN2O/c1-17(21)7-2-9-20(10-8-17)16-11-14(18)4-3-13(16)12-19-15-5-6-15/h3-4,11,15,19,21H,2,5-10,12H2,1H3. The molecule has 1 unspecified atom stereocenters. The molecule has 1 aromatic rings. The molecular formula is C17H25ClN2O. The average molecular weight is 309 g/mol. The van der Waals surface area contributed by atoms with E-state index in [4.69, 9.17) is 11.6 Å². The Morgan fingerprint density at radius 1 is 1.33 bits per heavy atom. The first-order chi connectivity index (χ1) is 10.0. The molecular weight excluding hydrogens is 284 g/mol. The summed E-state index contributed by atoms with van der Waals surface area (Å²) in [5.74, 6) is 0. The number of anilines is 1. The van der Waals surface area contributed by atoms with Gasteiger partial charge in [0.25, 0.3) is 0 Å². The highest BCUT2D eigenvalue weighted by molar-refractivity contribution is 6.30. The molecule has 1 atom stereocenters. The van der Waals surface area contributed by atoms with E-state index in [1.54, 1.807) is 0 Å². The van der Waals surface area contributed by atoms with Crippen molar-refractivity contribution in [2.45, 2.75) is 57.2 Å². The molecule has 2 aliphatic rings. The Bertz CT molecular complexity index is 500. The van der Waals surface area contributed by atoms with Crippen molar-refractivity contribution in [3.8, 4) is 0 Å². The van der Waals surface area contributed by atoms with Crippen LogP contribution in [0.2, 0.25) is 5.02 Å². The Balaban J connectivity index is 1.76. The maximum Gasteiger partial charge on any atom is 0.0637 e. The molecule has 4 heteroatoms. The van der Waals surface area contributed by atoms with Gasteiger partial charge in [-0.3, -0.25) is 0 Å². The van der Waals surface area contributed by atoms with Gasteiger partial charge in [-0.15, -0.1) is 0 Å². The lowest BCUT2D eigenvalue weighted by molar-refractivity contribution is 0.0481. The summed E-state index contributed by atoms with van der Waals surface area (Å²) in [5.41, 5.74) is 2.01. The minimum Gasteiger partial charge on any atom is -0.390 e. The van der Waals surface area contributed by atoms with Crippen LogP contribution in [0.1, 0.15) is 44.6 Å². The van der Waals surface area contributed by atoms with E-state index in [0.29, 0.717) is 6.04 Å². The van der Waals surface area contributed by atoms with Crippen molar-refractivity contribution in [2.24, 2.45) is 0 Å². The normalized spacial score (nSPS) is 26.7. The number of rotatable bonds is 4. The van der Waals surface area contributed by atoms with Gasteiger partial charge in [-0.1, -0.05) is 17.7 Å². The first kappa shape index (κ1) is 15.1. The monoisotopic (exact) mass is 308 g/mol. The van der Waals surface area contributed by atoms with Crippen molar-refractivity contribution in [3.63, 3.8) is 0 Å². The second-order valence-electron chi connectivity index (χ2n) is 6.77. The first-order valence-corrected chi connectivity index (χ1v) is 8.40. The molecule has 1 saturated carbocycles. The van der Waals surface area contributed by atoms with E-state index in [1.807, 2.05) is 13.0 Å². The van der Waals surface area contributed by atoms with Crippen molar-refractivity contribution in [3.05, 3.63) is 28.8 Å². The summed E-state index contributed by atoms with van der Waals surface area (Å²) in [6.45, 7) is 4.74. The zero-order valence-corrected chi connectivity index (χ0v) is 13.5. The van der Waals surface area contributed by atoms with Crippen LogP contribution < -0.4 is 10.2 Å². The van der Waals surface area contributed by atoms with Crippen LogP contribution in [0.15, 0.2) is 18.2 Å². The van der Waals surface area contributed by atoms with E-state index in [9.17, 15) is 5.11 Å². The van der Waals surface area contributed by atoms with E-state index in [0.717, 1.165) is 43.9 Å². The SMILES string of the molecule is CC1(O)CCCN(c2cc(Cl)ccc2CNC2CC2)CC1. The number of nitrogens with zero attached hydrogens (tertiary/aromatic N) is 1. The van der Waals surface area contributed by atoms with Crippen LogP contribution in [0.4, 0.5) is 5.69 Å². The number of aliphatic hydroxyl groups is 1. The van der Waals surface area contributed by atoms with Gasteiger partial charge in [-0.2, -0.15) is 0 Å². The molecule has 0 radical (unpaired) electrons. The molecule has 1 aromatic carbocycles. The number of nitrogens with one attached hydrogen (secondary N) is 1. The Labute approximate surface area is 132 Å². The fourth-order valence-electron chi connectivity index (χ4n) is 3.03. The molecule has 3 nitrogen and oxygen atoms in total. The zero-order chi connectivity index (χ0) is 14.9. The van der Waals surface area contributed by atoms with E-state index in [1.165, 1.54) is 24.1 Å². The fraction of sp³-hybridized carbons (Fsp3) is 0.647. The van der Waals surface area contributed by atoms with Gasteiger partial charge in [0, 0.05) is 36.4 Å². The zero-order valence-electron chi connectivity index (χ0n) is 12.7. The average Bonchev–Trinajstić information content (AvgIpc) is 3.25. The number of benzene rings is 1. The van der Waals surface area contributed by atoms with Crippen LogP contribution in [0, 0.1) is 0 Å². The Hall–Kier alpha value is -0.770. The molecule has 0 spiro atoms. The number of halogens is 1. The lowest BCUT2D eigenvalue weighted by atomic mass is 9.98. The van der Waals surface area contributed by atoms with Crippen LogP contribution in [-0.2, 0) is 6.54 Å². The van der Waals surface area contributed by atoms with Crippen LogP contribution in [0.5, 0.6) is 0 Å². The summed E-state index contributed by atoms with van der Waals surface area (Å²) in [4.78, 5) is 2.39. The summed E-state index contributed by atoms with van der Waals surface area (Å²) < 4.78 is 0.